The second kappa shape index (κ2) is 11.9. The van der Waals surface area contributed by atoms with Crippen molar-refractivity contribution in [3.8, 4) is 11.1 Å². The van der Waals surface area contributed by atoms with Gasteiger partial charge in [0.1, 0.15) is 6.61 Å². The third-order valence-electron chi connectivity index (χ3n) is 5.60. The minimum atomic E-state index is -3.64. The van der Waals surface area contributed by atoms with Crippen LogP contribution in [0, 0.1) is 12.5 Å². The fraction of sp³-hybridized carbons (Fsp3) is 0.259. The summed E-state index contributed by atoms with van der Waals surface area (Å²) in [6.45, 7) is 5.19. The van der Waals surface area contributed by atoms with Crippen molar-refractivity contribution in [3.05, 3.63) is 103 Å². The van der Waals surface area contributed by atoms with Crippen molar-refractivity contribution in [2.24, 2.45) is 5.92 Å². The van der Waals surface area contributed by atoms with Crippen LogP contribution in [-0.2, 0) is 27.1 Å². The molecule has 6 heteroatoms. The number of ether oxygens (including phenoxy) is 1. The molecule has 0 heterocycles. The molecule has 0 aliphatic carbocycles. The Morgan fingerprint density at radius 2 is 1.52 bits per heavy atom. The molecule has 3 aromatic carbocycles. The lowest BCUT2D eigenvalue weighted by Crippen LogP contribution is -2.29. The maximum Gasteiger partial charge on any atom is 0.310 e. The Balaban J connectivity index is 1.75. The van der Waals surface area contributed by atoms with E-state index in [9.17, 15) is 14.3 Å². The first-order chi connectivity index (χ1) is 15.9. The number of carbonyl (C=O) groups is 1. The lowest BCUT2D eigenvalue weighted by Gasteiger charge is -2.24. The average Bonchev–Trinajstić information content (AvgIpc) is 2.84. The monoisotopic (exact) mass is 464 g/mol. The van der Waals surface area contributed by atoms with Gasteiger partial charge in [0, 0.05) is 12.7 Å². The predicted molar refractivity (Wildman–Crippen MR) is 133 cm³/mol. The van der Waals surface area contributed by atoms with Crippen LogP contribution in [0.2, 0.25) is 0 Å². The van der Waals surface area contributed by atoms with Crippen LogP contribution in [0.15, 0.2) is 84.9 Å². The van der Waals surface area contributed by atoms with Gasteiger partial charge in [-0.15, -0.1) is 0 Å². The third kappa shape index (κ3) is 7.40. The Kier molecular flexibility index (Phi) is 9.02. The van der Waals surface area contributed by atoms with Gasteiger partial charge in [0.25, 0.3) is 0 Å². The van der Waals surface area contributed by atoms with E-state index in [1.54, 1.807) is 20.4 Å². The van der Waals surface area contributed by atoms with Gasteiger partial charge in [0.2, 0.25) is 7.37 Å². The first kappa shape index (κ1) is 24.9. The number of benzene rings is 3. The summed E-state index contributed by atoms with van der Waals surface area (Å²) in [6.07, 6.45) is 0.179. The minimum Gasteiger partial charge on any atom is -0.461 e. The van der Waals surface area contributed by atoms with Crippen LogP contribution < -0.4 is 5.32 Å². The van der Waals surface area contributed by atoms with Crippen LogP contribution >= 0.6 is 7.37 Å². The number of hydrogen-bond acceptors (Lipinski definition) is 4. The molecule has 0 saturated carbocycles. The molecule has 3 rings (SSSR count). The topological polar surface area (TPSA) is 75.6 Å². The first-order valence-electron chi connectivity index (χ1n) is 11.1. The summed E-state index contributed by atoms with van der Waals surface area (Å²) in [7, 11) is -3.64. The Morgan fingerprint density at radius 3 is 2.12 bits per heavy atom. The van der Waals surface area contributed by atoms with Crippen LogP contribution in [0.5, 0.6) is 0 Å². The van der Waals surface area contributed by atoms with E-state index in [4.69, 9.17) is 4.74 Å². The van der Waals surface area contributed by atoms with Crippen LogP contribution in [0.1, 0.15) is 25.0 Å². The fourth-order valence-electron chi connectivity index (χ4n) is 3.65. The molecule has 173 valence electrons. The molecule has 0 spiro atoms. The molecule has 3 aromatic rings. The molecule has 0 bridgehead atoms. The van der Waals surface area contributed by atoms with Gasteiger partial charge in [-0.05, 0) is 42.5 Å². The maximum atomic E-state index is 13.0. The lowest BCUT2D eigenvalue weighted by atomic mass is 9.98. The SMILES string of the molecule is C[CH]N[C@@H](C)P(=O)(O)C[C@@H](Cc1ccc(-c2ccccc2)cc1)C(=O)OCc1ccccc1. The van der Waals surface area contributed by atoms with E-state index >= 15 is 0 Å². The van der Waals surface area contributed by atoms with Crippen molar-refractivity contribution in [3.63, 3.8) is 0 Å². The smallest absolute Gasteiger partial charge is 0.310 e. The van der Waals surface area contributed by atoms with Crippen LogP contribution in [-0.4, -0.2) is 22.8 Å². The highest BCUT2D eigenvalue weighted by atomic mass is 31.2. The van der Waals surface area contributed by atoms with Crippen molar-refractivity contribution >= 4 is 13.3 Å². The highest BCUT2D eigenvalue weighted by Crippen LogP contribution is 2.47. The number of hydrogen-bond donors (Lipinski definition) is 2. The zero-order chi connectivity index (χ0) is 23.7. The van der Waals surface area contributed by atoms with E-state index in [0.717, 1.165) is 22.3 Å². The number of rotatable bonds is 11. The molecule has 1 unspecified atom stereocenters. The largest absolute Gasteiger partial charge is 0.461 e. The van der Waals surface area contributed by atoms with E-state index in [-0.39, 0.29) is 12.8 Å². The van der Waals surface area contributed by atoms with Gasteiger partial charge in [-0.3, -0.25) is 9.36 Å². The van der Waals surface area contributed by atoms with Gasteiger partial charge in [-0.25, -0.2) is 0 Å². The van der Waals surface area contributed by atoms with Crippen molar-refractivity contribution in [2.75, 3.05) is 6.16 Å². The summed E-state index contributed by atoms with van der Waals surface area (Å²) in [5.41, 5.74) is 3.98. The Morgan fingerprint density at radius 1 is 0.939 bits per heavy atom. The zero-order valence-corrected chi connectivity index (χ0v) is 19.9. The first-order valence-corrected chi connectivity index (χ1v) is 13.0. The molecule has 0 aliphatic heterocycles. The van der Waals surface area contributed by atoms with Crippen LogP contribution in [0.3, 0.4) is 0 Å². The van der Waals surface area contributed by atoms with E-state index in [1.807, 2.05) is 84.9 Å². The van der Waals surface area contributed by atoms with E-state index in [2.05, 4.69) is 5.32 Å². The van der Waals surface area contributed by atoms with Crippen LogP contribution in [0.25, 0.3) is 11.1 Å². The molecule has 1 radical (unpaired) electrons. The van der Waals surface area contributed by atoms with E-state index < -0.39 is 25.0 Å². The standard InChI is InChI=1S/C27H31NO4P/c1-3-28-21(2)33(30,31)20-26(27(29)32-19-23-10-6-4-7-11-23)18-22-14-16-25(17-15-22)24-12-8-5-9-13-24/h3-17,21,26,28H,18-20H2,1-2H3,(H,30,31)/t21-,26-/m1/s1. The van der Waals surface area contributed by atoms with Gasteiger partial charge in [0.05, 0.1) is 11.7 Å². The molecular formula is C27H31NO4P. The van der Waals surface area contributed by atoms with E-state index in [1.165, 1.54) is 0 Å². The summed E-state index contributed by atoms with van der Waals surface area (Å²) in [6, 6.07) is 27.4. The highest BCUT2D eigenvalue weighted by molar-refractivity contribution is 7.58. The molecule has 0 saturated heterocycles. The number of esters is 1. The maximum absolute atomic E-state index is 13.0. The average molecular weight is 465 g/mol. The van der Waals surface area contributed by atoms with E-state index in [0.29, 0.717) is 6.42 Å². The minimum absolute atomic E-state index is 0.134. The summed E-state index contributed by atoms with van der Waals surface area (Å²) < 4.78 is 18.5. The van der Waals surface area contributed by atoms with Crippen molar-refractivity contribution in [1.29, 1.82) is 0 Å². The molecule has 5 nitrogen and oxygen atoms in total. The van der Waals surface area contributed by atoms with Gasteiger partial charge < -0.3 is 14.9 Å². The summed E-state index contributed by atoms with van der Waals surface area (Å²) in [5, 5.41) is 2.89. The Labute approximate surface area is 196 Å². The molecule has 2 N–H and O–H groups in total. The molecule has 0 aliphatic rings. The van der Waals surface area contributed by atoms with Crippen LogP contribution in [0.4, 0.5) is 0 Å². The summed E-state index contributed by atoms with van der Waals surface area (Å²) in [4.78, 5) is 23.6. The third-order valence-corrected chi connectivity index (χ3v) is 7.92. The molecule has 0 aromatic heterocycles. The van der Waals surface area contributed by atoms with Crippen molar-refractivity contribution < 1.29 is 19.0 Å². The summed E-state index contributed by atoms with van der Waals surface area (Å²) in [5.74, 6) is -1.84. The van der Waals surface area contributed by atoms with Gasteiger partial charge in [0.15, 0.2) is 0 Å². The normalized spacial score (nSPS) is 14.8. The second-order valence-corrected chi connectivity index (χ2v) is 10.8. The number of carbonyl (C=O) groups excluding carboxylic acids is 1. The fourth-order valence-corrected chi connectivity index (χ4v) is 5.26. The predicted octanol–water partition coefficient (Wildman–Crippen LogP) is 5.64. The molecule has 0 amide bonds. The summed E-state index contributed by atoms with van der Waals surface area (Å²) >= 11 is 0. The van der Waals surface area contributed by atoms with Gasteiger partial charge in [-0.1, -0.05) is 84.9 Å². The lowest BCUT2D eigenvalue weighted by molar-refractivity contribution is -0.149. The van der Waals surface area contributed by atoms with Gasteiger partial charge in [-0.2, -0.15) is 0 Å². The quantitative estimate of drug-likeness (QED) is 0.284. The molecule has 33 heavy (non-hydrogen) atoms. The molecular weight excluding hydrogens is 433 g/mol. The van der Waals surface area contributed by atoms with Crippen molar-refractivity contribution in [2.45, 2.75) is 32.7 Å². The molecule has 3 atom stereocenters. The number of nitrogens with one attached hydrogen (secondary N) is 1. The van der Waals surface area contributed by atoms with Gasteiger partial charge >= 0.3 is 5.97 Å². The molecule has 0 fully saturated rings. The Bertz CT molecular complexity index is 1050. The van der Waals surface area contributed by atoms with Crippen molar-refractivity contribution in [1.82, 2.24) is 5.32 Å². The second-order valence-electron chi connectivity index (χ2n) is 8.13. The Hall–Kier alpha value is -2.72. The zero-order valence-electron chi connectivity index (χ0n) is 19.1. The highest BCUT2D eigenvalue weighted by Gasteiger charge is 2.34.